The van der Waals surface area contributed by atoms with Crippen LogP contribution in [0.3, 0.4) is 0 Å². The minimum atomic E-state index is -1.00. The van der Waals surface area contributed by atoms with Crippen molar-refractivity contribution in [2.24, 2.45) is 0 Å². The van der Waals surface area contributed by atoms with E-state index in [4.69, 9.17) is 5.11 Å². The van der Waals surface area contributed by atoms with Crippen molar-refractivity contribution in [3.63, 3.8) is 0 Å². The second-order valence-electron chi connectivity index (χ2n) is 5.03. The van der Waals surface area contributed by atoms with Crippen molar-refractivity contribution < 1.29 is 19.5 Å². The molecule has 1 fully saturated rings. The molecule has 0 aliphatic heterocycles. The molecule has 2 N–H and O–H groups in total. The lowest BCUT2D eigenvalue weighted by atomic mass is 10.2. The molecule has 0 bridgehead atoms. The van der Waals surface area contributed by atoms with Crippen molar-refractivity contribution in [3.8, 4) is 0 Å². The van der Waals surface area contributed by atoms with E-state index in [1.165, 1.54) is 23.2 Å². The molecule has 1 unspecified atom stereocenters. The number of aliphatic carboxylic acids is 1. The zero-order valence-corrected chi connectivity index (χ0v) is 12.6. The van der Waals surface area contributed by atoms with Crippen LogP contribution in [-0.2, 0) is 9.59 Å². The fraction of sp³-hybridized carbons (Fsp3) is 0.500. The maximum atomic E-state index is 12.2. The van der Waals surface area contributed by atoms with Crippen LogP contribution in [0.2, 0.25) is 0 Å². The SMILES string of the molecule is CC(C(=O)O)N(C(=O)CCNC(=O)c1cccs1)C1CC1. The number of carboxylic acids is 1. The maximum absolute atomic E-state index is 12.2. The van der Waals surface area contributed by atoms with Crippen molar-refractivity contribution >= 4 is 29.1 Å². The van der Waals surface area contributed by atoms with Crippen molar-refractivity contribution in [2.75, 3.05) is 6.54 Å². The van der Waals surface area contributed by atoms with Gasteiger partial charge in [0.05, 0.1) is 4.88 Å². The molecule has 1 aromatic heterocycles. The minimum Gasteiger partial charge on any atom is -0.480 e. The van der Waals surface area contributed by atoms with Gasteiger partial charge in [-0.2, -0.15) is 0 Å². The van der Waals surface area contributed by atoms with E-state index in [-0.39, 0.29) is 30.8 Å². The molecule has 21 heavy (non-hydrogen) atoms. The topological polar surface area (TPSA) is 86.7 Å². The number of carbonyl (C=O) groups is 3. The standard InChI is InChI=1S/C14H18N2O4S/c1-9(14(19)20)16(10-4-5-10)12(17)6-7-15-13(18)11-3-2-8-21-11/h2-3,8-10H,4-7H2,1H3,(H,15,18)(H,19,20). The monoisotopic (exact) mass is 310 g/mol. The zero-order valence-electron chi connectivity index (χ0n) is 11.7. The lowest BCUT2D eigenvalue weighted by molar-refractivity contribution is -0.150. The summed E-state index contributed by atoms with van der Waals surface area (Å²) in [7, 11) is 0. The fourth-order valence-electron chi connectivity index (χ4n) is 2.11. The Kier molecular flexibility index (Phi) is 4.95. The number of nitrogens with zero attached hydrogens (tertiary/aromatic N) is 1. The maximum Gasteiger partial charge on any atom is 0.326 e. The Morgan fingerprint density at radius 1 is 1.48 bits per heavy atom. The Balaban J connectivity index is 1.82. The Hall–Kier alpha value is -1.89. The lowest BCUT2D eigenvalue weighted by Crippen LogP contribution is -2.45. The van der Waals surface area contributed by atoms with Gasteiger partial charge in [-0.05, 0) is 31.2 Å². The average Bonchev–Trinajstić information content (AvgIpc) is 3.11. The zero-order chi connectivity index (χ0) is 15.4. The highest BCUT2D eigenvalue weighted by Crippen LogP contribution is 2.29. The summed E-state index contributed by atoms with van der Waals surface area (Å²) in [6.45, 7) is 1.73. The predicted molar refractivity (Wildman–Crippen MR) is 78.2 cm³/mol. The smallest absolute Gasteiger partial charge is 0.326 e. The fourth-order valence-corrected chi connectivity index (χ4v) is 2.75. The molecule has 2 amide bonds. The lowest BCUT2D eigenvalue weighted by Gasteiger charge is -2.26. The first-order chi connectivity index (χ1) is 10.0. The Morgan fingerprint density at radius 2 is 2.19 bits per heavy atom. The molecule has 1 aromatic rings. The minimum absolute atomic E-state index is 0.0385. The molecular formula is C14H18N2O4S. The van der Waals surface area contributed by atoms with E-state index in [2.05, 4.69) is 5.32 Å². The van der Waals surface area contributed by atoms with Crippen molar-refractivity contribution in [3.05, 3.63) is 22.4 Å². The van der Waals surface area contributed by atoms with Gasteiger partial charge in [-0.1, -0.05) is 6.07 Å². The molecule has 1 saturated carbocycles. The molecule has 1 heterocycles. The molecule has 0 spiro atoms. The second kappa shape index (κ2) is 6.71. The van der Waals surface area contributed by atoms with Crippen molar-refractivity contribution in [1.29, 1.82) is 0 Å². The Bertz CT molecular complexity index is 525. The summed E-state index contributed by atoms with van der Waals surface area (Å²) in [5.41, 5.74) is 0. The number of hydrogen-bond donors (Lipinski definition) is 2. The number of hydrogen-bond acceptors (Lipinski definition) is 4. The third-order valence-corrected chi connectivity index (χ3v) is 4.24. The summed E-state index contributed by atoms with van der Waals surface area (Å²) in [6.07, 6.45) is 1.82. The quantitative estimate of drug-likeness (QED) is 0.795. The van der Waals surface area contributed by atoms with Crippen LogP contribution in [-0.4, -0.2) is 46.4 Å². The molecule has 0 radical (unpaired) electrons. The van der Waals surface area contributed by atoms with E-state index >= 15 is 0 Å². The first-order valence-electron chi connectivity index (χ1n) is 6.86. The molecule has 0 aromatic carbocycles. The highest BCUT2D eigenvalue weighted by molar-refractivity contribution is 7.12. The summed E-state index contributed by atoms with van der Waals surface area (Å²) >= 11 is 1.33. The van der Waals surface area contributed by atoms with Gasteiger partial charge < -0.3 is 15.3 Å². The first kappa shape index (κ1) is 15.5. The third-order valence-electron chi connectivity index (χ3n) is 3.37. The van der Waals surface area contributed by atoms with Crippen molar-refractivity contribution in [2.45, 2.75) is 38.3 Å². The van der Waals surface area contributed by atoms with Crippen LogP contribution in [0.15, 0.2) is 17.5 Å². The van der Waals surface area contributed by atoms with Crippen molar-refractivity contribution in [1.82, 2.24) is 10.2 Å². The number of thiophene rings is 1. The molecule has 2 rings (SSSR count). The average molecular weight is 310 g/mol. The largest absolute Gasteiger partial charge is 0.480 e. The van der Waals surface area contributed by atoms with E-state index in [1.807, 2.05) is 5.38 Å². The molecule has 1 aliphatic rings. The third kappa shape index (κ3) is 4.04. The number of amides is 2. The molecular weight excluding hydrogens is 292 g/mol. The molecule has 7 heteroatoms. The van der Waals surface area contributed by atoms with Gasteiger partial charge in [0.25, 0.3) is 5.91 Å². The summed E-state index contributed by atoms with van der Waals surface area (Å²) in [6, 6.07) is 2.72. The number of rotatable bonds is 7. The number of carbonyl (C=O) groups excluding carboxylic acids is 2. The summed E-state index contributed by atoms with van der Waals surface area (Å²) < 4.78 is 0. The van der Waals surface area contributed by atoms with Crippen LogP contribution in [0, 0.1) is 0 Å². The predicted octanol–water partition coefficient (Wildman–Crippen LogP) is 1.33. The van der Waals surface area contributed by atoms with E-state index < -0.39 is 12.0 Å². The van der Waals surface area contributed by atoms with Crippen LogP contribution in [0.5, 0.6) is 0 Å². The Labute approximate surface area is 126 Å². The van der Waals surface area contributed by atoms with Gasteiger partial charge in [0.2, 0.25) is 5.91 Å². The number of nitrogens with one attached hydrogen (secondary N) is 1. The summed E-state index contributed by atoms with van der Waals surface area (Å²) in [5.74, 6) is -1.43. The molecule has 114 valence electrons. The summed E-state index contributed by atoms with van der Waals surface area (Å²) in [5, 5.41) is 13.5. The van der Waals surface area contributed by atoms with E-state index in [9.17, 15) is 14.4 Å². The van der Waals surface area contributed by atoms with Gasteiger partial charge in [0.1, 0.15) is 6.04 Å². The molecule has 0 saturated heterocycles. The van der Waals surface area contributed by atoms with Gasteiger partial charge in [-0.15, -0.1) is 11.3 Å². The van der Waals surface area contributed by atoms with Crippen LogP contribution in [0.25, 0.3) is 0 Å². The van der Waals surface area contributed by atoms with Gasteiger partial charge in [0.15, 0.2) is 0 Å². The van der Waals surface area contributed by atoms with E-state index in [0.29, 0.717) is 4.88 Å². The molecule has 1 aliphatic carbocycles. The highest BCUT2D eigenvalue weighted by atomic mass is 32.1. The van der Waals surface area contributed by atoms with Gasteiger partial charge >= 0.3 is 5.97 Å². The van der Waals surface area contributed by atoms with E-state index in [1.54, 1.807) is 12.1 Å². The van der Waals surface area contributed by atoms with Crippen LogP contribution < -0.4 is 5.32 Å². The first-order valence-corrected chi connectivity index (χ1v) is 7.74. The highest BCUT2D eigenvalue weighted by Gasteiger charge is 2.37. The van der Waals surface area contributed by atoms with Gasteiger partial charge in [0, 0.05) is 19.0 Å². The van der Waals surface area contributed by atoms with E-state index in [0.717, 1.165) is 12.8 Å². The van der Waals surface area contributed by atoms with Crippen LogP contribution >= 0.6 is 11.3 Å². The molecule has 1 atom stereocenters. The van der Waals surface area contributed by atoms with Crippen LogP contribution in [0.1, 0.15) is 35.9 Å². The van der Waals surface area contributed by atoms with Crippen LogP contribution in [0.4, 0.5) is 0 Å². The van der Waals surface area contributed by atoms with Gasteiger partial charge in [-0.25, -0.2) is 4.79 Å². The Morgan fingerprint density at radius 3 is 2.71 bits per heavy atom. The number of carboxylic acid groups (broad SMARTS) is 1. The normalized spacial score (nSPS) is 15.3. The van der Waals surface area contributed by atoms with Gasteiger partial charge in [-0.3, -0.25) is 9.59 Å². The molecule has 6 nitrogen and oxygen atoms in total. The second-order valence-corrected chi connectivity index (χ2v) is 5.98. The summed E-state index contributed by atoms with van der Waals surface area (Å²) in [4.78, 5) is 37.0.